The number of carbonyl (C=O) groups excluding carboxylic acids is 2. The fourth-order valence-electron chi connectivity index (χ4n) is 4.30. The van der Waals surface area contributed by atoms with Gasteiger partial charge in [0.1, 0.15) is 0 Å². The topological polar surface area (TPSA) is 89.0 Å². The minimum absolute atomic E-state index is 0.0159. The first-order chi connectivity index (χ1) is 17.5. The molecular formula is C27H24N2O5S2. The van der Waals surface area contributed by atoms with Crippen LogP contribution in [-0.4, -0.2) is 35.5 Å². The summed E-state index contributed by atoms with van der Waals surface area (Å²) in [5.74, 6) is -0.619. The molecule has 0 unspecified atom stereocenters. The molecule has 184 valence electrons. The molecule has 36 heavy (non-hydrogen) atoms. The van der Waals surface area contributed by atoms with Crippen LogP contribution in [0.15, 0.2) is 65.2 Å². The summed E-state index contributed by atoms with van der Waals surface area (Å²) in [5.41, 5.74) is 2.52. The van der Waals surface area contributed by atoms with Crippen molar-refractivity contribution in [3.05, 3.63) is 81.2 Å². The summed E-state index contributed by atoms with van der Waals surface area (Å²) < 4.78 is 12.1. The zero-order valence-electron chi connectivity index (χ0n) is 20.0. The maximum absolute atomic E-state index is 13.5. The molecule has 0 fully saturated rings. The predicted octanol–water partition coefficient (Wildman–Crippen LogP) is 6.11. The molecule has 2 aromatic carbocycles. The number of rotatable bonds is 8. The van der Waals surface area contributed by atoms with Crippen LogP contribution in [-0.2, 0) is 11.2 Å². The lowest BCUT2D eigenvalue weighted by atomic mass is 9.95. The van der Waals surface area contributed by atoms with Gasteiger partial charge < -0.3 is 14.6 Å². The molecule has 0 saturated carbocycles. The smallest absolute Gasteiger partial charge is 0.296 e. The Kier molecular flexibility index (Phi) is 6.51. The normalized spacial score (nSPS) is 15.7. The number of hydrogen-bond donors (Lipinski definition) is 1. The third kappa shape index (κ3) is 4.04. The van der Waals surface area contributed by atoms with E-state index in [-0.39, 0.29) is 5.57 Å². The van der Waals surface area contributed by atoms with Gasteiger partial charge in [0.2, 0.25) is 5.78 Å². The molecular weight excluding hydrogens is 496 g/mol. The summed E-state index contributed by atoms with van der Waals surface area (Å²) >= 11 is 2.61. The fourth-order valence-corrected chi connectivity index (χ4v) is 6.03. The number of nitrogens with zero attached hydrogens (tertiary/aromatic N) is 2. The molecule has 1 amide bonds. The molecule has 1 N–H and O–H groups in total. The van der Waals surface area contributed by atoms with Gasteiger partial charge in [0.25, 0.3) is 5.91 Å². The van der Waals surface area contributed by atoms with Gasteiger partial charge in [-0.05, 0) is 60.2 Å². The predicted molar refractivity (Wildman–Crippen MR) is 142 cm³/mol. The van der Waals surface area contributed by atoms with E-state index in [9.17, 15) is 14.7 Å². The van der Waals surface area contributed by atoms with Gasteiger partial charge in [0, 0.05) is 0 Å². The summed E-state index contributed by atoms with van der Waals surface area (Å²) in [6, 6.07) is 13.8. The Hall–Kier alpha value is -3.69. The van der Waals surface area contributed by atoms with Gasteiger partial charge in [-0.1, -0.05) is 36.5 Å². The lowest BCUT2D eigenvalue weighted by Gasteiger charge is -2.25. The van der Waals surface area contributed by atoms with Crippen LogP contribution in [0.3, 0.4) is 0 Å². The van der Waals surface area contributed by atoms with E-state index >= 15 is 0 Å². The molecule has 1 aliphatic rings. The number of fused-ring (bicyclic) bond motifs is 1. The number of aliphatic hydroxyl groups excluding tert-OH is 1. The number of benzene rings is 2. The third-order valence-corrected chi connectivity index (χ3v) is 7.94. The number of methoxy groups -OCH3 is 1. The Balaban J connectivity index is 1.68. The van der Waals surface area contributed by atoms with Crippen LogP contribution < -0.4 is 14.4 Å². The first-order valence-corrected chi connectivity index (χ1v) is 13.2. The largest absolute Gasteiger partial charge is 0.503 e. The number of aromatic nitrogens is 1. The Labute approximate surface area is 216 Å². The van der Waals surface area contributed by atoms with E-state index in [2.05, 4.69) is 13.0 Å². The maximum atomic E-state index is 13.5. The second kappa shape index (κ2) is 9.75. The lowest BCUT2D eigenvalue weighted by Crippen LogP contribution is -2.31. The van der Waals surface area contributed by atoms with Gasteiger partial charge in [-0.15, -0.1) is 11.3 Å². The summed E-state index contributed by atoms with van der Waals surface area (Å²) in [6.45, 7) is 4.41. The lowest BCUT2D eigenvalue weighted by molar-refractivity contribution is -0.117. The van der Waals surface area contributed by atoms with Gasteiger partial charge in [0.05, 0.1) is 40.4 Å². The number of amides is 1. The average Bonchev–Trinajstić information content (AvgIpc) is 3.62. The number of hydrogen-bond acceptors (Lipinski definition) is 8. The molecule has 5 rings (SSSR count). The molecule has 1 atom stereocenters. The number of anilines is 1. The minimum Gasteiger partial charge on any atom is -0.503 e. The van der Waals surface area contributed by atoms with E-state index in [1.807, 2.05) is 19.1 Å². The van der Waals surface area contributed by atoms with Gasteiger partial charge in [0.15, 0.2) is 22.4 Å². The highest BCUT2D eigenvalue weighted by Gasteiger charge is 2.46. The number of ketones is 1. The summed E-state index contributed by atoms with van der Waals surface area (Å²) in [5, 5.41) is 13.2. The molecule has 0 bridgehead atoms. The van der Waals surface area contributed by atoms with Crippen molar-refractivity contribution in [1.29, 1.82) is 0 Å². The highest BCUT2D eigenvalue weighted by molar-refractivity contribution is 7.22. The molecule has 4 aromatic rings. The third-order valence-electron chi connectivity index (χ3n) is 6.06. The standard InChI is InChI=1S/C27H24N2O5S2/c1-4-15-8-10-17-21(13-15)36-27(28-17)29-23(16-9-11-18(34-5-2)19(14-16)33-3)22(25(31)26(29)32)24(30)20-7-6-12-35-20/h6-14,23,31H,4-5H2,1-3H3/t23-/m0/s1. The van der Waals surface area contributed by atoms with Crippen molar-refractivity contribution in [3.63, 3.8) is 0 Å². The zero-order chi connectivity index (χ0) is 25.4. The van der Waals surface area contributed by atoms with E-state index in [0.29, 0.717) is 33.7 Å². The molecule has 3 heterocycles. The second-order valence-corrected chi connectivity index (χ2v) is 10.1. The Morgan fingerprint density at radius 1 is 1.14 bits per heavy atom. The molecule has 9 heteroatoms. The van der Waals surface area contributed by atoms with Crippen molar-refractivity contribution >= 4 is 49.7 Å². The van der Waals surface area contributed by atoms with Crippen molar-refractivity contribution < 1.29 is 24.2 Å². The summed E-state index contributed by atoms with van der Waals surface area (Å²) in [4.78, 5) is 33.6. The molecule has 7 nitrogen and oxygen atoms in total. The van der Waals surface area contributed by atoms with Gasteiger partial charge in [-0.2, -0.15) is 0 Å². The molecule has 2 aromatic heterocycles. The van der Waals surface area contributed by atoms with E-state index in [1.54, 1.807) is 35.7 Å². The number of ether oxygens (including phenoxy) is 2. The van der Waals surface area contributed by atoms with Crippen LogP contribution in [0.1, 0.15) is 40.7 Å². The van der Waals surface area contributed by atoms with Crippen molar-refractivity contribution in [2.45, 2.75) is 26.3 Å². The number of carbonyl (C=O) groups is 2. The van der Waals surface area contributed by atoms with E-state index < -0.39 is 23.5 Å². The van der Waals surface area contributed by atoms with Crippen LogP contribution >= 0.6 is 22.7 Å². The van der Waals surface area contributed by atoms with Crippen molar-refractivity contribution in [2.24, 2.45) is 0 Å². The van der Waals surface area contributed by atoms with Crippen LogP contribution in [0.5, 0.6) is 11.5 Å². The zero-order valence-corrected chi connectivity index (χ0v) is 21.6. The molecule has 0 aliphatic carbocycles. The highest BCUT2D eigenvalue weighted by atomic mass is 32.1. The SMILES string of the molecule is CCOc1ccc([C@H]2C(C(=O)c3cccs3)=C(O)C(=O)N2c2nc3ccc(CC)cc3s2)cc1OC. The maximum Gasteiger partial charge on any atom is 0.296 e. The first kappa shape index (κ1) is 24.0. The van der Waals surface area contributed by atoms with E-state index in [4.69, 9.17) is 14.5 Å². The van der Waals surface area contributed by atoms with Crippen molar-refractivity contribution in [3.8, 4) is 11.5 Å². The Morgan fingerprint density at radius 3 is 2.67 bits per heavy atom. The number of thiazole rings is 1. The molecule has 0 saturated heterocycles. The summed E-state index contributed by atoms with van der Waals surface area (Å²) in [6.07, 6.45) is 0.877. The van der Waals surface area contributed by atoms with Crippen molar-refractivity contribution in [1.82, 2.24) is 4.98 Å². The Bertz CT molecular complexity index is 1490. The molecule has 0 spiro atoms. The number of Topliss-reactive ketones (excluding diaryl/α,β-unsaturated/α-hetero) is 1. The van der Waals surface area contributed by atoms with E-state index in [0.717, 1.165) is 22.2 Å². The average molecular weight is 521 g/mol. The highest BCUT2D eigenvalue weighted by Crippen LogP contribution is 2.46. The van der Waals surface area contributed by atoms with Gasteiger partial charge >= 0.3 is 0 Å². The van der Waals surface area contributed by atoms with Gasteiger partial charge in [-0.3, -0.25) is 14.5 Å². The fraction of sp³-hybridized carbons (Fsp3) is 0.222. The molecule has 0 radical (unpaired) electrons. The summed E-state index contributed by atoms with van der Waals surface area (Å²) in [7, 11) is 1.53. The van der Waals surface area contributed by atoms with Gasteiger partial charge in [-0.25, -0.2) is 4.98 Å². The molecule has 1 aliphatic heterocycles. The van der Waals surface area contributed by atoms with Crippen molar-refractivity contribution in [2.75, 3.05) is 18.6 Å². The van der Waals surface area contributed by atoms with Crippen LogP contribution in [0.4, 0.5) is 5.13 Å². The monoisotopic (exact) mass is 520 g/mol. The Morgan fingerprint density at radius 2 is 1.97 bits per heavy atom. The second-order valence-electron chi connectivity index (χ2n) is 8.14. The first-order valence-electron chi connectivity index (χ1n) is 11.5. The van der Waals surface area contributed by atoms with Crippen LogP contribution in [0.25, 0.3) is 10.2 Å². The van der Waals surface area contributed by atoms with E-state index in [1.165, 1.54) is 34.7 Å². The van der Waals surface area contributed by atoms with Crippen LogP contribution in [0, 0.1) is 0 Å². The number of aliphatic hydroxyl groups is 1. The minimum atomic E-state index is -0.886. The number of thiophene rings is 1. The number of aryl methyl sites for hydroxylation is 1. The quantitative estimate of drug-likeness (QED) is 0.282. The van der Waals surface area contributed by atoms with Crippen LogP contribution in [0.2, 0.25) is 0 Å².